The number of benzene rings is 1. The maximum Gasteiger partial charge on any atom is 0.185 e. The number of rotatable bonds is 4. The number of aliphatic imine (C=N–C) groups is 1. The van der Waals surface area contributed by atoms with Crippen LogP contribution in [0.1, 0.15) is 35.0 Å². The van der Waals surface area contributed by atoms with Gasteiger partial charge in [0, 0.05) is 24.1 Å². The van der Waals surface area contributed by atoms with Gasteiger partial charge >= 0.3 is 0 Å². The summed E-state index contributed by atoms with van der Waals surface area (Å²) in [7, 11) is 0. The van der Waals surface area contributed by atoms with Crippen LogP contribution >= 0.6 is 23.4 Å². The van der Waals surface area contributed by atoms with E-state index in [4.69, 9.17) is 17.3 Å². The summed E-state index contributed by atoms with van der Waals surface area (Å²) in [6.07, 6.45) is 1.66. The Morgan fingerprint density at radius 1 is 1.45 bits per heavy atom. The highest BCUT2D eigenvalue weighted by Crippen LogP contribution is 2.65. The summed E-state index contributed by atoms with van der Waals surface area (Å²) in [5, 5.41) is 10.1. The molecule has 1 fully saturated rings. The summed E-state index contributed by atoms with van der Waals surface area (Å²) in [5.41, 5.74) is 5.17. The van der Waals surface area contributed by atoms with Crippen LogP contribution in [0.15, 0.2) is 35.5 Å². The zero-order valence-electron chi connectivity index (χ0n) is 15.2. The smallest absolute Gasteiger partial charge is 0.185 e. The highest BCUT2D eigenvalue weighted by atomic mass is 35.5. The second-order valence-electron chi connectivity index (χ2n) is 7.36. The van der Waals surface area contributed by atoms with E-state index in [2.05, 4.69) is 16.0 Å². The third-order valence-corrected chi connectivity index (χ3v) is 6.85. The number of thioether (sulfide) groups is 1. The lowest BCUT2D eigenvalue weighted by atomic mass is 9.84. The van der Waals surface area contributed by atoms with Gasteiger partial charge in [-0.25, -0.2) is 8.78 Å². The highest BCUT2D eigenvalue weighted by Gasteiger charge is 2.67. The fourth-order valence-corrected chi connectivity index (χ4v) is 5.24. The van der Waals surface area contributed by atoms with Gasteiger partial charge in [0.05, 0.1) is 16.6 Å². The Kier molecular flexibility index (Phi) is 4.63. The van der Waals surface area contributed by atoms with Gasteiger partial charge in [-0.2, -0.15) is 5.26 Å². The summed E-state index contributed by atoms with van der Waals surface area (Å²) in [6.45, 7) is 1.65. The number of pyridine rings is 1. The fraction of sp³-hybridized carbons (Fsp3) is 0.300. The Morgan fingerprint density at radius 2 is 2.21 bits per heavy atom. The van der Waals surface area contributed by atoms with Crippen LogP contribution in [0.3, 0.4) is 0 Å². The van der Waals surface area contributed by atoms with Crippen molar-refractivity contribution in [1.29, 1.82) is 5.26 Å². The Bertz CT molecular complexity index is 1100. The number of nitriles is 1. The molecule has 0 spiro atoms. The second-order valence-corrected chi connectivity index (χ2v) is 9.15. The van der Waals surface area contributed by atoms with Crippen LogP contribution in [0, 0.1) is 28.9 Å². The molecule has 1 aliphatic carbocycles. The number of amidine groups is 1. The first-order chi connectivity index (χ1) is 13.7. The number of hydrogen-bond donors (Lipinski definition) is 1. The van der Waals surface area contributed by atoms with E-state index in [9.17, 15) is 18.8 Å². The van der Waals surface area contributed by atoms with Crippen molar-refractivity contribution in [1.82, 2.24) is 4.98 Å². The number of fused-ring (bicyclic) bond motifs is 1. The van der Waals surface area contributed by atoms with Gasteiger partial charge in [0.25, 0.3) is 0 Å². The molecule has 0 amide bonds. The van der Waals surface area contributed by atoms with Gasteiger partial charge in [0.1, 0.15) is 10.4 Å². The zero-order valence-corrected chi connectivity index (χ0v) is 16.8. The number of ketones is 1. The van der Waals surface area contributed by atoms with Crippen molar-refractivity contribution in [3.8, 4) is 6.07 Å². The van der Waals surface area contributed by atoms with E-state index < -0.39 is 21.9 Å². The predicted octanol–water partition coefficient (Wildman–Crippen LogP) is 4.00. The van der Waals surface area contributed by atoms with E-state index in [1.807, 2.05) is 0 Å². The molecule has 2 aliphatic rings. The molecule has 9 heteroatoms. The number of carbonyl (C=O) groups is 1. The average molecular weight is 433 g/mol. The zero-order chi connectivity index (χ0) is 21.0. The van der Waals surface area contributed by atoms with Crippen LogP contribution < -0.4 is 5.73 Å². The van der Waals surface area contributed by atoms with Gasteiger partial charge in [-0.15, -0.1) is 0 Å². The molecule has 148 valence electrons. The van der Waals surface area contributed by atoms with Gasteiger partial charge in [-0.1, -0.05) is 23.4 Å². The lowest BCUT2D eigenvalue weighted by Gasteiger charge is -2.32. The first-order valence-corrected chi connectivity index (χ1v) is 9.97. The predicted molar refractivity (Wildman–Crippen MR) is 107 cm³/mol. The fourth-order valence-electron chi connectivity index (χ4n) is 3.85. The SMILES string of the molecule is C[C@]1(c2cc(CC(=O)c3ccc(Cl)cn3)cc(F)c2F)N=C(N)S[C@@]2(C#N)C[C@H]21. The molecule has 4 rings (SSSR count). The van der Waals surface area contributed by atoms with Gasteiger partial charge in [-0.05, 0) is 43.2 Å². The van der Waals surface area contributed by atoms with Crippen molar-refractivity contribution in [3.63, 3.8) is 0 Å². The van der Waals surface area contributed by atoms with E-state index in [0.717, 1.165) is 17.8 Å². The number of carbonyl (C=O) groups excluding carboxylic acids is 1. The number of nitrogens with two attached hydrogens (primary N) is 1. The molecule has 1 aromatic carbocycles. The first-order valence-electron chi connectivity index (χ1n) is 8.77. The molecule has 2 heterocycles. The molecule has 0 bridgehead atoms. The van der Waals surface area contributed by atoms with Gasteiger partial charge < -0.3 is 5.73 Å². The Balaban J connectivity index is 1.72. The van der Waals surface area contributed by atoms with E-state index >= 15 is 0 Å². The molecule has 1 aromatic heterocycles. The summed E-state index contributed by atoms with van der Waals surface area (Å²) >= 11 is 6.94. The molecule has 0 unspecified atom stereocenters. The Morgan fingerprint density at radius 3 is 2.86 bits per heavy atom. The molecule has 1 saturated carbocycles. The van der Waals surface area contributed by atoms with Crippen LogP contribution in [-0.4, -0.2) is 20.7 Å². The third kappa shape index (κ3) is 3.28. The van der Waals surface area contributed by atoms with Gasteiger partial charge in [0.15, 0.2) is 22.6 Å². The maximum absolute atomic E-state index is 14.8. The average Bonchev–Trinajstić information content (AvgIpc) is 3.41. The Hall–Kier alpha value is -2.50. The van der Waals surface area contributed by atoms with Gasteiger partial charge in [-0.3, -0.25) is 14.8 Å². The Labute approximate surface area is 175 Å². The van der Waals surface area contributed by atoms with Crippen molar-refractivity contribution >= 4 is 34.3 Å². The normalized spacial score (nSPS) is 27.6. The summed E-state index contributed by atoms with van der Waals surface area (Å²) in [4.78, 5) is 20.8. The van der Waals surface area contributed by atoms with Crippen LogP contribution in [0.25, 0.3) is 0 Å². The quantitative estimate of drug-likeness (QED) is 0.737. The largest absolute Gasteiger partial charge is 0.378 e. The maximum atomic E-state index is 14.8. The minimum absolute atomic E-state index is 0.00487. The van der Waals surface area contributed by atoms with E-state index in [0.29, 0.717) is 11.4 Å². The van der Waals surface area contributed by atoms with Crippen LogP contribution in [0.2, 0.25) is 5.02 Å². The molecule has 0 saturated heterocycles. The molecule has 29 heavy (non-hydrogen) atoms. The minimum Gasteiger partial charge on any atom is -0.378 e. The molecular weight excluding hydrogens is 418 g/mol. The molecule has 2 N–H and O–H groups in total. The summed E-state index contributed by atoms with van der Waals surface area (Å²) in [6, 6.07) is 7.66. The number of aromatic nitrogens is 1. The van der Waals surface area contributed by atoms with Crippen LogP contribution in [0.4, 0.5) is 8.78 Å². The monoisotopic (exact) mass is 432 g/mol. The van der Waals surface area contributed by atoms with Crippen molar-refractivity contribution in [2.24, 2.45) is 16.6 Å². The number of nitrogens with zero attached hydrogens (tertiary/aromatic N) is 3. The molecule has 2 aromatic rings. The van der Waals surface area contributed by atoms with Crippen LogP contribution in [0.5, 0.6) is 0 Å². The standard InChI is InChI=1S/C20H15ClF2N4OS/c1-19(16-7-20(16,9-24)29-18(25)27-19)12-4-10(5-13(22)17(12)23)6-15(28)14-3-2-11(21)8-26-14/h2-5,8,16H,6-7H2,1H3,(H2,25,27)/t16-,19+,20+/m0/s1. The topological polar surface area (TPSA) is 92.1 Å². The summed E-state index contributed by atoms with van der Waals surface area (Å²) in [5.74, 6) is -2.78. The van der Waals surface area contributed by atoms with Crippen molar-refractivity contribution < 1.29 is 13.6 Å². The van der Waals surface area contributed by atoms with E-state index in [1.54, 1.807) is 6.92 Å². The van der Waals surface area contributed by atoms with E-state index in [-0.39, 0.29) is 40.1 Å². The number of halogens is 3. The molecule has 5 nitrogen and oxygen atoms in total. The lowest BCUT2D eigenvalue weighted by Crippen LogP contribution is -2.35. The van der Waals surface area contributed by atoms with Gasteiger partial charge in [0.2, 0.25) is 0 Å². The number of hydrogen-bond acceptors (Lipinski definition) is 6. The summed E-state index contributed by atoms with van der Waals surface area (Å²) < 4.78 is 28.4. The molecule has 1 aliphatic heterocycles. The van der Waals surface area contributed by atoms with Crippen LogP contribution in [-0.2, 0) is 12.0 Å². The molecular formula is C20H15ClF2N4OS. The first kappa shape index (κ1) is 19.8. The highest BCUT2D eigenvalue weighted by molar-refractivity contribution is 8.15. The molecule has 3 atom stereocenters. The molecule has 0 radical (unpaired) electrons. The second kappa shape index (κ2) is 6.78. The van der Waals surface area contributed by atoms with Crippen molar-refractivity contribution in [3.05, 3.63) is 63.9 Å². The number of Topliss-reactive ketones (excluding diaryl/α,β-unsaturated/α-hetero) is 1. The third-order valence-electron chi connectivity index (χ3n) is 5.42. The lowest BCUT2D eigenvalue weighted by molar-refractivity contribution is 0.0988. The van der Waals surface area contributed by atoms with Crippen molar-refractivity contribution in [2.45, 2.75) is 30.1 Å². The van der Waals surface area contributed by atoms with Crippen molar-refractivity contribution in [2.75, 3.05) is 0 Å². The van der Waals surface area contributed by atoms with E-state index in [1.165, 1.54) is 24.4 Å². The minimum atomic E-state index is -1.19.